The van der Waals surface area contributed by atoms with Crippen LogP contribution in [0.3, 0.4) is 0 Å². The fraction of sp³-hybridized carbons (Fsp3) is 0.0870. The first-order valence-electron chi connectivity index (χ1n) is 9.44. The monoisotopic (exact) mass is 414 g/mol. The lowest BCUT2D eigenvalue weighted by Crippen LogP contribution is -2.14. The van der Waals surface area contributed by atoms with E-state index < -0.39 is 5.97 Å². The third kappa shape index (κ3) is 4.64. The van der Waals surface area contributed by atoms with E-state index in [1.54, 1.807) is 54.9 Å². The number of rotatable bonds is 6. The van der Waals surface area contributed by atoms with Gasteiger partial charge in [0.05, 0.1) is 19.1 Å². The van der Waals surface area contributed by atoms with Gasteiger partial charge in [0.1, 0.15) is 0 Å². The number of esters is 1. The van der Waals surface area contributed by atoms with Crippen molar-refractivity contribution in [1.29, 1.82) is 0 Å². The SMILES string of the molecule is COC(=O)c1ccc(C(=O)Nc2ccccc2Cc2nc(-c3ccncc3)no2)cc1. The quantitative estimate of drug-likeness (QED) is 0.479. The molecule has 2 heterocycles. The molecule has 0 saturated heterocycles. The van der Waals surface area contributed by atoms with E-state index >= 15 is 0 Å². The lowest BCUT2D eigenvalue weighted by Gasteiger charge is -2.10. The summed E-state index contributed by atoms with van der Waals surface area (Å²) in [5, 5.41) is 6.91. The molecule has 4 rings (SSSR count). The minimum Gasteiger partial charge on any atom is -0.465 e. The van der Waals surface area contributed by atoms with Gasteiger partial charge in [0.2, 0.25) is 11.7 Å². The molecule has 2 aromatic heterocycles. The third-order valence-corrected chi connectivity index (χ3v) is 4.58. The summed E-state index contributed by atoms with van der Waals surface area (Å²) < 4.78 is 10.0. The lowest BCUT2D eigenvalue weighted by atomic mass is 10.1. The Morgan fingerprint density at radius 2 is 1.68 bits per heavy atom. The number of ether oxygens (including phenoxy) is 1. The highest BCUT2D eigenvalue weighted by Crippen LogP contribution is 2.21. The Morgan fingerprint density at radius 1 is 0.968 bits per heavy atom. The summed E-state index contributed by atoms with van der Waals surface area (Å²) in [5.41, 5.74) is 3.06. The van der Waals surface area contributed by atoms with Gasteiger partial charge in [-0.15, -0.1) is 0 Å². The lowest BCUT2D eigenvalue weighted by molar-refractivity contribution is 0.0600. The highest BCUT2D eigenvalue weighted by molar-refractivity contribution is 6.05. The van der Waals surface area contributed by atoms with Gasteiger partial charge in [-0.25, -0.2) is 4.79 Å². The van der Waals surface area contributed by atoms with Crippen LogP contribution in [0.15, 0.2) is 77.6 Å². The van der Waals surface area contributed by atoms with E-state index in [1.807, 2.05) is 18.2 Å². The number of para-hydroxylation sites is 1. The highest BCUT2D eigenvalue weighted by atomic mass is 16.5. The van der Waals surface area contributed by atoms with Crippen molar-refractivity contribution in [2.75, 3.05) is 12.4 Å². The van der Waals surface area contributed by atoms with Crippen molar-refractivity contribution in [2.45, 2.75) is 6.42 Å². The molecule has 8 nitrogen and oxygen atoms in total. The van der Waals surface area contributed by atoms with E-state index in [1.165, 1.54) is 7.11 Å². The van der Waals surface area contributed by atoms with Gasteiger partial charge in [-0.2, -0.15) is 4.98 Å². The number of hydrogen-bond acceptors (Lipinski definition) is 7. The first-order valence-corrected chi connectivity index (χ1v) is 9.44. The van der Waals surface area contributed by atoms with Gasteiger partial charge in [-0.1, -0.05) is 23.4 Å². The number of nitrogens with one attached hydrogen (secondary N) is 1. The molecule has 0 aliphatic rings. The first kappa shape index (κ1) is 20.0. The molecule has 0 fully saturated rings. The zero-order valence-electron chi connectivity index (χ0n) is 16.6. The number of hydrogen-bond donors (Lipinski definition) is 1. The zero-order valence-corrected chi connectivity index (χ0v) is 16.6. The summed E-state index contributed by atoms with van der Waals surface area (Å²) in [5.74, 6) is 0.149. The predicted molar refractivity (Wildman–Crippen MR) is 113 cm³/mol. The van der Waals surface area contributed by atoms with Gasteiger partial charge in [0.25, 0.3) is 5.91 Å². The molecule has 0 atom stereocenters. The van der Waals surface area contributed by atoms with Gasteiger partial charge >= 0.3 is 5.97 Å². The maximum absolute atomic E-state index is 12.7. The van der Waals surface area contributed by atoms with E-state index in [-0.39, 0.29) is 5.91 Å². The largest absolute Gasteiger partial charge is 0.465 e. The number of aromatic nitrogens is 3. The second kappa shape index (κ2) is 9.00. The maximum Gasteiger partial charge on any atom is 0.337 e. The Bertz CT molecular complexity index is 1200. The smallest absolute Gasteiger partial charge is 0.337 e. The van der Waals surface area contributed by atoms with Crippen LogP contribution in [0.4, 0.5) is 5.69 Å². The van der Waals surface area contributed by atoms with E-state index in [9.17, 15) is 9.59 Å². The summed E-state index contributed by atoms with van der Waals surface area (Å²) >= 11 is 0. The molecule has 0 aliphatic carbocycles. The average molecular weight is 414 g/mol. The molecule has 0 radical (unpaired) electrons. The molecular formula is C23H18N4O4. The standard InChI is InChI=1S/C23H18N4O4/c1-30-23(29)17-8-6-16(7-9-17)22(28)25-19-5-3-2-4-18(19)14-20-26-21(27-31-20)15-10-12-24-13-11-15/h2-13H,14H2,1H3,(H,25,28). The number of benzene rings is 2. The van der Waals surface area contributed by atoms with Crippen molar-refractivity contribution >= 4 is 17.6 Å². The van der Waals surface area contributed by atoms with Crippen LogP contribution in [0.1, 0.15) is 32.2 Å². The van der Waals surface area contributed by atoms with Gasteiger partial charge in [-0.3, -0.25) is 9.78 Å². The third-order valence-electron chi connectivity index (χ3n) is 4.58. The molecule has 1 N–H and O–H groups in total. The molecule has 0 bridgehead atoms. The minimum absolute atomic E-state index is 0.299. The molecule has 31 heavy (non-hydrogen) atoms. The fourth-order valence-corrected chi connectivity index (χ4v) is 2.97. The number of methoxy groups -OCH3 is 1. The molecule has 4 aromatic rings. The molecule has 0 spiro atoms. The number of anilines is 1. The Morgan fingerprint density at radius 3 is 2.42 bits per heavy atom. The summed E-state index contributed by atoms with van der Waals surface area (Å²) in [6.07, 6.45) is 3.68. The van der Waals surface area contributed by atoms with E-state index in [2.05, 4.69) is 25.2 Å². The van der Waals surface area contributed by atoms with Crippen molar-refractivity contribution in [3.8, 4) is 11.4 Å². The van der Waals surface area contributed by atoms with Gasteiger partial charge in [-0.05, 0) is 48.0 Å². The van der Waals surface area contributed by atoms with Crippen molar-refractivity contribution < 1.29 is 18.8 Å². The number of carbonyl (C=O) groups is 2. The molecular weight excluding hydrogens is 396 g/mol. The summed E-state index contributed by atoms with van der Waals surface area (Å²) in [6.45, 7) is 0. The van der Waals surface area contributed by atoms with Crippen molar-refractivity contribution in [2.24, 2.45) is 0 Å². The number of carbonyl (C=O) groups excluding carboxylic acids is 2. The van der Waals surface area contributed by atoms with Gasteiger partial charge < -0.3 is 14.6 Å². The Balaban J connectivity index is 1.49. The number of pyridine rings is 1. The van der Waals surface area contributed by atoms with E-state index in [4.69, 9.17) is 4.52 Å². The van der Waals surface area contributed by atoms with Crippen LogP contribution in [0.25, 0.3) is 11.4 Å². The predicted octanol–water partition coefficient (Wildman–Crippen LogP) is 3.76. The van der Waals surface area contributed by atoms with Crippen LogP contribution in [0.5, 0.6) is 0 Å². The number of amides is 1. The molecule has 0 aliphatic heterocycles. The second-order valence-corrected chi connectivity index (χ2v) is 6.60. The van der Waals surface area contributed by atoms with Crippen molar-refractivity contribution in [1.82, 2.24) is 15.1 Å². The first-order chi connectivity index (χ1) is 15.1. The second-order valence-electron chi connectivity index (χ2n) is 6.60. The van der Waals surface area contributed by atoms with Gasteiger partial charge in [0, 0.05) is 29.2 Å². The van der Waals surface area contributed by atoms with Crippen molar-refractivity contribution in [3.05, 3.63) is 95.6 Å². The highest BCUT2D eigenvalue weighted by Gasteiger charge is 2.14. The Hall–Kier alpha value is -4.33. The van der Waals surface area contributed by atoms with Crippen LogP contribution in [-0.4, -0.2) is 34.1 Å². The maximum atomic E-state index is 12.7. The van der Waals surface area contributed by atoms with E-state index in [0.717, 1.165) is 11.1 Å². The summed E-state index contributed by atoms with van der Waals surface area (Å²) in [4.78, 5) is 32.6. The normalized spacial score (nSPS) is 10.5. The topological polar surface area (TPSA) is 107 Å². The van der Waals surface area contributed by atoms with Crippen LogP contribution in [0.2, 0.25) is 0 Å². The fourth-order valence-electron chi connectivity index (χ4n) is 2.97. The molecule has 1 amide bonds. The molecule has 8 heteroatoms. The molecule has 0 saturated carbocycles. The Kier molecular flexibility index (Phi) is 5.79. The van der Waals surface area contributed by atoms with E-state index in [0.29, 0.717) is 35.0 Å². The van der Waals surface area contributed by atoms with Crippen molar-refractivity contribution in [3.63, 3.8) is 0 Å². The summed E-state index contributed by atoms with van der Waals surface area (Å²) in [7, 11) is 1.31. The summed E-state index contributed by atoms with van der Waals surface area (Å²) in [6, 6.07) is 17.2. The minimum atomic E-state index is -0.456. The van der Waals surface area contributed by atoms with Crippen LogP contribution in [-0.2, 0) is 11.2 Å². The van der Waals surface area contributed by atoms with Crippen LogP contribution < -0.4 is 5.32 Å². The van der Waals surface area contributed by atoms with Crippen LogP contribution in [0, 0.1) is 0 Å². The molecule has 2 aromatic carbocycles. The zero-order chi connectivity index (χ0) is 21.6. The molecule has 154 valence electrons. The molecule has 0 unspecified atom stereocenters. The van der Waals surface area contributed by atoms with Crippen LogP contribution >= 0.6 is 0 Å². The number of nitrogens with zero attached hydrogens (tertiary/aromatic N) is 3. The van der Waals surface area contributed by atoms with Gasteiger partial charge in [0.15, 0.2) is 0 Å². The average Bonchev–Trinajstić information content (AvgIpc) is 3.29. The Labute approximate surface area is 177 Å².